The molecule has 0 aliphatic rings. The van der Waals surface area contributed by atoms with E-state index in [4.69, 9.17) is 0 Å². The number of carbonyl (C=O) groups excluding carboxylic acids is 1. The van der Waals surface area contributed by atoms with Crippen molar-refractivity contribution in [3.05, 3.63) is 54.4 Å². The first-order valence-electron chi connectivity index (χ1n) is 9.18. The number of aryl methyl sites for hydroxylation is 1. The van der Waals surface area contributed by atoms with Crippen molar-refractivity contribution < 1.29 is 20.1 Å². The van der Waals surface area contributed by atoms with Gasteiger partial charge in [-0.25, -0.2) is 4.98 Å². The summed E-state index contributed by atoms with van der Waals surface area (Å²) >= 11 is 0. The lowest BCUT2D eigenvalue weighted by Gasteiger charge is -2.28. The fraction of sp³-hybridized carbons (Fsp3) is 0.238. The summed E-state index contributed by atoms with van der Waals surface area (Å²) in [5.74, 6) is -0.489. The molecule has 0 saturated heterocycles. The molecule has 3 aromatic heterocycles. The summed E-state index contributed by atoms with van der Waals surface area (Å²) in [6, 6.07) is 11.1. The van der Waals surface area contributed by atoms with Gasteiger partial charge >= 0.3 is 0 Å². The first-order valence-corrected chi connectivity index (χ1v) is 9.18. The fourth-order valence-corrected chi connectivity index (χ4v) is 3.43. The molecule has 8 nitrogen and oxygen atoms in total. The summed E-state index contributed by atoms with van der Waals surface area (Å²) in [6.07, 6.45) is 3.71. The Morgan fingerprint density at radius 2 is 1.93 bits per heavy atom. The molecule has 0 fully saturated rings. The van der Waals surface area contributed by atoms with Crippen molar-refractivity contribution in [1.82, 2.24) is 19.9 Å². The molecule has 3 heterocycles. The molecule has 1 aromatic carbocycles. The number of benzene rings is 1. The number of aromatic amines is 1. The van der Waals surface area contributed by atoms with E-state index in [1.165, 1.54) is 0 Å². The van der Waals surface area contributed by atoms with Crippen molar-refractivity contribution in [2.75, 3.05) is 19.8 Å². The van der Waals surface area contributed by atoms with Gasteiger partial charge < -0.3 is 30.2 Å². The minimum atomic E-state index is -1.48. The summed E-state index contributed by atoms with van der Waals surface area (Å²) in [5, 5.41) is 32.8. The molecule has 5 N–H and O–H groups in total. The van der Waals surface area contributed by atoms with Crippen molar-refractivity contribution in [2.24, 2.45) is 7.05 Å². The second kappa shape index (κ2) is 7.32. The normalized spacial score (nSPS) is 12.0. The van der Waals surface area contributed by atoms with Crippen LogP contribution in [-0.2, 0) is 7.05 Å². The predicted molar refractivity (Wildman–Crippen MR) is 109 cm³/mol. The third kappa shape index (κ3) is 3.27. The molecule has 0 aliphatic carbocycles. The minimum Gasteiger partial charge on any atom is -0.394 e. The predicted octanol–water partition coefficient (Wildman–Crippen LogP) is 1.17. The van der Waals surface area contributed by atoms with Crippen LogP contribution in [0.15, 0.2) is 48.8 Å². The smallest absolute Gasteiger partial charge is 0.251 e. The van der Waals surface area contributed by atoms with Crippen LogP contribution >= 0.6 is 0 Å². The van der Waals surface area contributed by atoms with Gasteiger partial charge in [0.05, 0.1) is 19.8 Å². The SMILES string of the molecule is Cn1cc(-c2cc3cccnc3[nH]2)c2cc(C(=O)NC(CO)(CO)CO)ccc21. The first-order chi connectivity index (χ1) is 14.0. The van der Waals surface area contributed by atoms with E-state index < -0.39 is 31.3 Å². The molecular formula is C21H22N4O4. The van der Waals surface area contributed by atoms with Gasteiger partial charge in [-0.05, 0) is 36.4 Å². The fourth-order valence-electron chi connectivity index (χ4n) is 3.43. The number of nitrogens with zero attached hydrogens (tertiary/aromatic N) is 2. The molecule has 0 saturated carbocycles. The highest BCUT2D eigenvalue weighted by molar-refractivity contribution is 6.03. The maximum absolute atomic E-state index is 12.7. The van der Waals surface area contributed by atoms with Crippen LogP contribution in [-0.4, -0.2) is 61.1 Å². The van der Waals surface area contributed by atoms with E-state index in [-0.39, 0.29) is 0 Å². The monoisotopic (exact) mass is 394 g/mol. The van der Waals surface area contributed by atoms with Crippen LogP contribution in [0.1, 0.15) is 10.4 Å². The van der Waals surface area contributed by atoms with E-state index in [2.05, 4.69) is 15.3 Å². The van der Waals surface area contributed by atoms with E-state index in [0.717, 1.165) is 33.2 Å². The molecule has 8 heteroatoms. The number of fused-ring (bicyclic) bond motifs is 2. The molecule has 1 amide bonds. The molecule has 0 spiro atoms. The number of aliphatic hydroxyl groups excluding tert-OH is 3. The van der Waals surface area contributed by atoms with Crippen LogP contribution in [0.3, 0.4) is 0 Å². The average molecular weight is 394 g/mol. The Bertz CT molecular complexity index is 1150. The van der Waals surface area contributed by atoms with Crippen LogP contribution in [0.25, 0.3) is 33.2 Å². The molecule has 0 radical (unpaired) electrons. The molecule has 0 aliphatic heterocycles. The van der Waals surface area contributed by atoms with E-state index in [0.29, 0.717) is 5.56 Å². The van der Waals surface area contributed by atoms with Crippen LogP contribution < -0.4 is 5.32 Å². The van der Waals surface area contributed by atoms with Crippen LogP contribution in [0.4, 0.5) is 0 Å². The zero-order valence-corrected chi connectivity index (χ0v) is 15.9. The lowest BCUT2D eigenvalue weighted by atomic mass is 10.0. The highest BCUT2D eigenvalue weighted by atomic mass is 16.3. The van der Waals surface area contributed by atoms with Gasteiger partial charge in [0.2, 0.25) is 0 Å². The zero-order chi connectivity index (χ0) is 20.6. The summed E-state index contributed by atoms with van der Waals surface area (Å²) < 4.78 is 1.98. The van der Waals surface area contributed by atoms with E-state index in [9.17, 15) is 20.1 Å². The lowest BCUT2D eigenvalue weighted by molar-refractivity contribution is 0.0375. The Hall–Kier alpha value is -3.20. The lowest BCUT2D eigenvalue weighted by Crippen LogP contribution is -2.57. The van der Waals surface area contributed by atoms with Crippen molar-refractivity contribution in [2.45, 2.75) is 5.54 Å². The van der Waals surface area contributed by atoms with Gasteiger partial charge in [0, 0.05) is 52.6 Å². The molecule has 0 bridgehead atoms. The number of rotatable bonds is 6. The Kier molecular flexibility index (Phi) is 4.83. The number of hydrogen-bond acceptors (Lipinski definition) is 5. The van der Waals surface area contributed by atoms with Crippen LogP contribution in [0, 0.1) is 0 Å². The minimum absolute atomic E-state index is 0.360. The molecule has 0 unspecified atom stereocenters. The summed E-state index contributed by atoms with van der Waals surface area (Å²) in [4.78, 5) is 20.3. The van der Waals surface area contributed by atoms with Crippen molar-refractivity contribution in [3.63, 3.8) is 0 Å². The largest absolute Gasteiger partial charge is 0.394 e. The van der Waals surface area contributed by atoms with Gasteiger partial charge in [-0.1, -0.05) is 0 Å². The highest BCUT2D eigenvalue weighted by Gasteiger charge is 2.30. The maximum atomic E-state index is 12.7. The molecule has 29 heavy (non-hydrogen) atoms. The maximum Gasteiger partial charge on any atom is 0.251 e. The van der Waals surface area contributed by atoms with Gasteiger partial charge in [-0.2, -0.15) is 0 Å². The third-order valence-corrected chi connectivity index (χ3v) is 5.22. The van der Waals surface area contributed by atoms with Gasteiger partial charge in [-0.3, -0.25) is 4.79 Å². The number of amides is 1. The number of aliphatic hydroxyl groups is 3. The van der Waals surface area contributed by atoms with Crippen molar-refractivity contribution >= 4 is 27.8 Å². The summed E-state index contributed by atoms with van der Waals surface area (Å²) in [6.45, 7) is -1.73. The van der Waals surface area contributed by atoms with Gasteiger partial charge in [0.15, 0.2) is 0 Å². The third-order valence-electron chi connectivity index (χ3n) is 5.22. The van der Waals surface area contributed by atoms with Crippen LogP contribution in [0.2, 0.25) is 0 Å². The van der Waals surface area contributed by atoms with E-state index in [1.54, 1.807) is 18.3 Å². The molecule has 150 valence electrons. The van der Waals surface area contributed by atoms with Crippen molar-refractivity contribution in [1.29, 1.82) is 0 Å². The van der Waals surface area contributed by atoms with E-state index >= 15 is 0 Å². The second-order valence-corrected chi connectivity index (χ2v) is 7.22. The topological polar surface area (TPSA) is 123 Å². The second-order valence-electron chi connectivity index (χ2n) is 7.22. The summed E-state index contributed by atoms with van der Waals surface area (Å²) in [5.41, 5.74) is 2.42. The van der Waals surface area contributed by atoms with Gasteiger partial charge in [0.1, 0.15) is 11.2 Å². The number of aromatic nitrogens is 3. The van der Waals surface area contributed by atoms with Gasteiger partial charge in [-0.15, -0.1) is 0 Å². The molecule has 0 atom stereocenters. The Labute approximate surface area is 166 Å². The molecule has 4 rings (SSSR count). The average Bonchev–Trinajstić information content (AvgIpc) is 3.32. The number of H-pyrrole nitrogens is 1. The van der Waals surface area contributed by atoms with Crippen molar-refractivity contribution in [3.8, 4) is 11.3 Å². The Morgan fingerprint density at radius 1 is 1.17 bits per heavy atom. The van der Waals surface area contributed by atoms with Gasteiger partial charge in [0.25, 0.3) is 5.91 Å². The number of hydrogen-bond donors (Lipinski definition) is 5. The molecule has 4 aromatic rings. The quantitative estimate of drug-likeness (QED) is 0.336. The van der Waals surface area contributed by atoms with E-state index in [1.807, 2.05) is 42.1 Å². The first kappa shape index (κ1) is 19.1. The number of carbonyl (C=O) groups is 1. The Balaban J connectivity index is 1.77. The zero-order valence-electron chi connectivity index (χ0n) is 15.9. The number of nitrogens with one attached hydrogen (secondary N) is 2. The molecular weight excluding hydrogens is 372 g/mol. The summed E-state index contributed by atoms with van der Waals surface area (Å²) in [7, 11) is 1.93. The van der Waals surface area contributed by atoms with Crippen LogP contribution in [0.5, 0.6) is 0 Å². The number of pyridine rings is 1. The standard InChI is InChI=1S/C21H22N4O4/c1-25-9-16(17-8-13-3-2-6-22-19(13)23-17)15-7-14(4-5-18(15)25)20(29)24-21(10-26,11-27)12-28/h2-9,26-28H,10-12H2,1H3,(H,22,23)(H,24,29). The Morgan fingerprint density at radius 3 is 2.62 bits per heavy atom. The highest BCUT2D eigenvalue weighted by Crippen LogP contribution is 2.32.